The minimum absolute atomic E-state index is 0.0181. The molecule has 0 amide bonds. The van der Waals surface area contributed by atoms with Gasteiger partial charge in [-0.05, 0) is 18.8 Å². The van der Waals surface area contributed by atoms with Crippen LogP contribution in [-0.4, -0.2) is 19.4 Å². The summed E-state index contributed by atoms with van der Waals surface area (Å²) >= 11 is 1.36. The number of nitrogens with zero attached hydrogens (tertiary/aromatic N) is 2. The largest absolute Gasteiger partial charge is 0.396 e. The number of ketones is 1. The van der Waals surface area contributed by atoms with E-state index >= 15 is 0 Å². The average Bonchev–Trinajstić information content (AvgIpc) is 3.05. The molecule has 0 atom stereocenters. The van der Waals surface area contributed by atoms with Crippen molar-refractivity contribution in [2.45, 2.75) is 39.0 Å². The van der Waals surface area contributed by atoms with Gasteiger partial charge in [0.2, 0.25) is 0 Å². The fraction of sp³-hybridized carbons (Fsp3) is 0.600. The van der Waals surface area contributed by atoms with Crippen LogP contribution in [0, 0.1) is 17.2 Å². The Bertz CT molecular complexity index is 538. The SMILES string of the molecule is CCC(=O)c1sc(N(C)CC2CCCC2)c(C#N)c1N. The fourth-order valence-electron chi connectivity index (χ4n) is 2.84. The molecule has 1 fully saturated rings. The van der Waals surface area contributed by atoms with E-state index in [9.17, 15) is 10.1 Å². The molecule has 5 heteroatoms. The molecule has 1 aliphatic carbocycles. The normalized spacial score (nSPS) is 15.2. The van der Waals surface area contributed by atoms with Crippen molar-refractivity contribution < 1.29 is 4.79 Å². The molecule has 1 saturated carbocycles. The number of nitrogens with two attached hydrogens (primary N) is 1. The van der Waals surface area contributed by atoms with E-state index in [0.717, 1.165) is 11.5 Å². The number of carbonyl (C=O) groups is 1. The summed E-state index contributed by atoms with van der Waals surface area (Å²) in [5.74, 6) is 0.713. The zero-order valence-corrected chi connectivity index (χ0v) is 12.9. The Morgan fingerprint density at radius 3 is 2.70 bits per heavy atom. The van der Waals surface area contributed by atoms with Crippen molar-refractivity contribution in [1.29, 1.82) is 5.26 Å². The van der Waals surface area contributed by atoms with E-state index in [1.165, 1.54) is 37.0 Å². The monoisotopic (exact) mass is 291 g/mol. The third-order valence-electron chi connectivity index (χ3n) is 3.97. The van der Waals surface area contributed by atoms with Crippen LogP contribution in [0.2, 0.25) is 0 Å². The van der Waals surface area contributed by atoms with Crippen molar-refractivity contribution in [3.8, 4) is 6.07 Å². The van der Waals surface area contributed by atoms with Crippen LogP contribution in [0.5, 0.6) is 0 Å². The van der Waals surface area contributed by atoms with Gasteiger partial charge in [0, 0.05) is 20.0 Å². The first-order valence-corrected chi connectivity index (χ1v) is 7.96. The number of nitrogen functional groups attached to an aromatic ring is 1. The van der Waals surface area contributed by atoms with E-state index in [4.69, 9.17) is 5.73 Å². The highest BCUT2D eigenvalue weighted by Crippen LogP contribution is 2.39. The van der Waals surface area contributed by atoms with Gasteiger partial charge >= 0.3 is 0 Å². The maximum Gasteiger partial charge on any atom is 0.174 e. The second kappa shape index (κ2) is 6.27. The van der Waals surface area contributed by atoms with Crippen molar-refractivity contribution in [2.75, 3.05) is 24.2 Å². The number of thiophene rings is 1. The van der Waals surface area contributed by atoms with Crippen LogP contribution in [0.4, 0.5) is 10.7 Å². The fourth-order valence-corrected chi connectivity index (χ4v) is 3.99. The topological polar surface area (TPSA) is 70.1 Å². The second-order valence-electron chi connectivity index (χ2n) is 5.44. The summed E-state index contributed by atoms with van der Waals surface area (Å²) in [6, 6.07) is 2.16. The van der Waals surface area contributed by atoms with Crippen LogP contribution >= 0.6 is 11.3 Å². The molecule has 0 saturated heterocycles. The van der Waals surface area contributed by atoms with Crippen LogP contribution < -0.4 is 10.6 Å². The van der Waals surface area contributed by atoms with Gasteiger partial charge in [0.1, 0.15) is 16.6 Å². The average molecular weight is 291 g/mol. The van der Waals surface area contributed by atoms with Gasteiger partial charge in [0.15, 0.2) is 5.78 Å². The molecule has 0 aromatic carbocycles. The third-order valence-corrected chi connectivity index (χ3v) is 5.33. The smallest absolute Gasteiger partial charge is 0.174 e. The number of rotatable bonds is 5. The van der Waals surface area contributed by atoms with Gasteiger partial charge in [0.05, 0.1) is 10.6 Å². The maximum absolute atomic E-state index is 11.9. The molecule has 108 valence electrons. The van der Waals surface area contributed by atoms with Gasteiger partial charge in [-0.3, -0.25) is 4.79 Å². The lowest BCUT2D eigenvalue weighted by Gasteiger charge is -2.21. The van der Waals surface area contributed by atoms with Crippen LogP contribution in [-0.2, 0) is 0 Å². The van der Waals surface area contributed by atoms with Crippen molar-refractivity contribution in [2.24, 2.45) is 5.92 Å². The predicted octanol–water partition coefficient (Wildman–Crippen LogP) is 3.42. The highest BCUT2D eigenvalue weighted by atomic mass is 32.1. The Kier molecular flexibility index (Phi) is 4.66. The molecule has 1 aromatic heterocycles. The minimum Gasteiger partial charge on any atom is -0.396 e. The van der Waals surface area contributed by atoms with Gasteiger partial charge in [-0.15, -0.1) is 11.3 Å². The number of hydrogen-bond acceptors (Lipinski definition) is 5. The molecule has 1 aromatic rings. The van der Waals surface area contributed by atoms with Crippen molar-refractivity contribution in [3.63, 3.8) is 0 Å². The molecule has 2 rings (SSSR count). The van der Waals surface area contributed by atoms with E-state index in [0.29, 0.717) is 28.5 Å². The summed E-state index contributed by atoms with van der Waals surface area (Å²) in [6.45, 7) is 2.75. The van der Waals surface area contributed by atoms with E-state index in [1.807, 2.05) is 14.0 Å². The minimum atomic E-state index is 0.0181. The zero-order valence-electron chi connectivity index (χ0n) is 12.1. The summed E-state index contributed by atoms with van der Waals surface area (Å²) in [4.78, 5) is 14.5. The molecule has 0 aliphatic heterocycles. The molecular formula is C15H21N3OS. The molecule has 1 heterocycles. The number of anilines is 2. The summed E-state index contributed by atoms with van der Waals surface area (Å²) in [5, 5.41) is 10.2. The lowest BCUT2D eigenvalue weighted by molar-refractivity contribution is 0.0993. The molecule has 4 nitrogen and oxygen atoms in total. The van der Waals surface area contributed by atoms with Crippen molar-refractivity contribution >= 4 is 27.8 Å². The number of Topliss-reactive ketones (excluding diaryl/α,β-unsaturated/α-hetero) is 1. The lowest BCUT2D eigenvalue weighted by Crippen LogP contribution is -2.23. The van der Waals surface area contributed by atoms with Crippen molar-refractivity contribution in [1.82, 2.24) is 0 Å². The highest BCUT2D eigenvalue weighted by molar-refractivity contribution is 7.19. The van der Waals surface area contributed by atoms with Crippen LogP contribution in [0.1, 0.15) is 54.3 Å². The lowest BCUT2D eigenvalue weighted by atomic mass is 10.1. The Labute approximate surface area is 124 Å². The summed E-state index contributed by atoms with van der Waals surface area (Å²) in [7, 11) is 1.99. The zero-order chi connectivity index (χ0) is 14.7. The van der Waals surface area contributed by atoms with E-state index < -0.39 is 0 Å². The molecule has 1 aliphatic rings. The molecule has 0 spiro atoms. The molecule has 0 radical (unpaired) electrons. The van der Waals surface area contributed by atoms with Gasteiger partial charge < -0.3 is 10.6 Å². The molecular weight excluding hydrogens is 270 g/mol. The van der Waals surface area contributed by atoms with Gasteiger partial charge in [-0.2, -0.15) is 5.26 Å². The van der Waals surface area contributed by atoms with Crippen LogP contribution in [0.25, 0.3) is 0 Å². The first kappa shape index (κ1) is 14.9. The molecule has 2 N–H and O–H groups in total. The number of carbonyl (C=O) groups excluding carboxylic acids is 1. The van der Waals surface area contributed by atoms with Crippen LogP contribution in [0.3, 0.4) is 0 Å². The Morgan fingerprint density at radius 2 is 2.15 bits per heavy atom. The third kappa shape index (κ3) is 2.80. The Morgan fingerprint density at radius 1 is 1.50 bits per heavy atom. The molecule has 0 bridgehead atoms. The van der Waals surface area contributed by atoms with Crippen LogP contribution in [0.15, 0.2) is 0 Å². The highest BCUT2D eigenvalue weighted by Gasteiger charge is 2.24. The summed E-state index contributed by atoms with van der Waals surface area (Å²) < 4.78 is 0. The Hall–Kier alpha value is -1.54. The number of hydrogen-bond donors (Lipinski definition) is 1. The standard InChI is InChI=1S/C15H21N3OS/c1-3-12(19)14-13(17)11(8-16)15(20-14)18(2)9-10-6-4-5-7-10/h10H,3-7,9,17H2,1-2H3. The van der Waals surface area contributed by atoms with Gasteiger partial charge in [0.25, 0.3) is 0 Å². The summed E-state index contributed by atoms with van der Waals surface area (Å²) in [5.41, 5.74) is 6.80. The summed E-state index contributed by atoms with van der Waals surface area (Å²) in [6.07, 6.45) is 5.54. The van der Waals surface area contributed by atoms with Gasteiger partial charge in [-0.1, -0.05) is 19.8 Å². The maximum atomic E-state index is 11.9. The first-order valence-electron chi connectivity index (χ1n) is 7.15. The van der Waals surface area contributed by atoms with Gasteiger partial charge in [-0.25, -0.2) is 0 Å². The first-order chi connectivity index (χ1) is 9.58. The van der Waals surface area contributed by atoms with E-state index in [1.54, 1.807) is 0 Å². The Balaban J connectivity index is 2.26. The quantitative estimate of drug-likeness (QED) is 0.844. The second-order valence-corrected chi connectivity index (χ2v) is 6.44. The van der Waals surface area contributed by atoms with E-state index in [2.05, 4.69) is 11.0 Å². The van der Waals surface area contributed by atoms with Crippen molar-refractivity contribution in [3.05, 3.63) is 10.4 Å². The predicted molar refractivity (Wildman–Crippen MR) is 83.3 cm³/mol. The van der Waals surface area contributed by atoms with E-state index in [-0.39, 0.29) is 5.78 Å². The molecule has 20 heavy (non-hydrogen) atoms. The molecule has 0 unspecified atom stereocenters. The number of nitriles is 1.